The van der Waals surface area contributed by atoms with Gasteiger partial charge in [-0.15, -0.1) is 0 Å². The van der Waals surface area contributed by atoms with Crippen LogP contribution in [0.15, 0.2) is 38.6 Å². The topological polar surface area (TPSA) is 96.0 Å². The highest BCUT2D eigenvalue weighted by atomic mass is 16.4. The van der Waals surface area contributed by atoms with Gasteiger partial charge in [0.2, 0.25) is 0 Å². The number of azide groups is 1. The minimum atomic E-state index is -0.793. The number of Topliss-reactive ketones (excluding diaryl/α,β-unsaturated/α-hetero) is 1. The fraction of sp³-hybridized carbons (Fsp3) is 0.0909. The summed E-state index contributed by atoms with van der Waals surface area (Å²) in [6.45, 7) is 1.22. The van der Waals surface area contributed by atoms with Gasteiger partial charge in [0.1, 0.15) is 11.1 Å². The van der Waals surface area contributed by atoms with Crippen molar-refractivity contribution in [1.82, 2.24) is 0 Å². The van der Waals surface area contributed by atoms with Gasteiger partial charge in [0, 0.05) is 10.3 Å². The van der Waals surface area contributed by atoms with Crippen LogP contribution < -0.4 is 5.63 Å². The van der Waals surface area contributed by atoms with Crippen molar-refractivity contribution in [3.8, 4) is 0 Å². The zero-order chi connectivity index (χ0) is 12.4. The Labute approximate surface area is 95.1 Å². The molecule has 84 valence electrons. The van der Waals surface area contributed by atoms with Crippen LogP contribution in [0.25, 0.3) is 21.4 Å². The molecule has 0 N–H and O–H groups in total. The van der Waals surface area contributed by atoms with Crippen molar-refractivity contribution in [2.45, 2.75) is 6.92 Å². The lowest BCUT2D eigenvalue weighted by atomic mass is 10.1. The van der Waals surface area contributed by atoms with Crippen LogP contribution in [-0.4, -0.2) is 5.78 Å². The fourth-order valence-electron chi connectivity index (χ4n) is 1.59. The van der Waals surface area contributed by atoms with Gasteiger partial charge in [0.05, 0.1) is 5.69 Å². The van der Waals surface area contributed by atoms with Crippen LogP contribution in [0.4, 0.5) is 5.69 Å². The molecular formula is C11H7N3O3. The van der Waals surface area contributed by atoms with Crippen LogP contribution in [0.2, 0.25) is 0 Å². The summed E-state index contributed by atoms with van der Waals surface area (Å²) in [5, 5.41) is 3.86. The highest BCUT2D eigenvalue weighted by Crippen LogP contribution is 2.28. The van der Waals surface area contributed by atoms with E-state index in [1.54, 1.807) is 24.3 Å². The van der Waals surface area contributed by atoms with E-state index in [0.717, 1.165) is 0 Å². The zero-order valence-corrected chi connectivity index (χ0v) is 8.88. The van der Waals surface area contributed by atoms with E-state index in [1.165, 1.54) is 6.92 Å². The van der Waals surface area contributed by atoms with E-state index in [1.807, 2.05) is 0 Å². The van der Waals surface area contributed by atoms with E-state index in [0.29, 0.717) is 5.39 Å². The van der Waals surface area contributed by atoms with Crippen LogP contribution in [-0.2, 0) is 0 Å². The van der Waals surface area contributed by atoms with E-state index in [-0.39, 0.29) is 16.8 Å². The summed E-state index contributed by atoms with van der Waals surface area (Å²) in [5.41, 5.74) is 7.78. The molecule has 0 saturated heterocycles. The van der Waals surface area contributed by atoms with Crippen molar-refractivity contribution >= 4 is 22.4 Å². The molecule has 2 aromatic rings. The van der Waals surface area contributed by atoms with E-state index >= 15 is 0 Å². The molecular weight excluding hydrogens is 222 g/mol. The van der Waals surface area contributed by atoms with Crippen LogP contribution in [0.1, 0.15) is 17.3 Å². The number of carbonyl (C=O) groups is 1. The summed E-state index contributed by atoms with van der Waals surface area (Å²) in [4.78, 5) is 25.6. The van der Waals surface area contributed by atoms with Crippen molar-refractivity contribution in [3.05, 3.63) is 50.7 Å². The van der Waals surface area contributed by atoms with Crippen LogP contribution in [0.3, 0.4) is 0 Å². The molecule has 0 aliphatic carbocycles. The second-order valence-electron chi connectivity index (χ2n) is 3.35. The maximum atomic E-state index is 11.6. The quantitative estimate of drug-likeness (QED) is 0.260. The van der Waals surface area contributed by atoms with Crippen LogP contribution in [0, 0.1) is 0 Å². The molecule has 2 rings (SSSR count). The molecule has 0 aliphatic heterocycles. The van der Waals surface area contributed by atoms with Gasteiger partial charge in [-0.3, -0.25) is 4.79 Å². The van der Waals surface area contributed by atoms with Gasteiger partial charge in [-0.1, -0.05) is 23.3 Å². The lowest BCUT2D eigenvalue weighted by Gasteiger charge is -2.03. The molecule has 0 atom stereocenters. The van der Waals surface area contributed by atoms with Crippen LogP contribution in [0.5, 0.6) is 0 Å². The van der Waals surface area contributed by atoms with E-state index < -0.39 is 11.4 Å². The zero-order valence-electron chi connectivity index (χ0n) is 8.88. The number of benzene rings is 1. The van der Waals surface area contributed by atoms with Gasteiger partial charge in [0.15, 0.2) is 5.78 Å². The number of hydrogen-bond donors (Lipinski definition) is 0. The Balaban J connectivity index is 3.04. The summed E-state index contributed by atoms with van der Waals surface area (Å²) < 4.78 is 4.98. The third kappa shape index (κ3) is 1.77. The molecule has 0 amide bonds. The summed E-state index contributed by atoms with van der Waals surface area (Å²) in [6, 6.07) is 6.56. The summed E-state index contributed by atoms with van der Waals surface area (Å²) in [5.74, 6) is -0.494. The molecule has 1 aromatic heterocycles. The molecule has 0 unspecified atom stereocenters. The molecule has 1 aromatic carbocycles. The molecule has 17 heavy (non-hydrogen) atoms. The summed E-state index contributed by atoms with van der Waals surface area (Å²) >= 11 is 0. The number of carbonyl (C=O) groups excluding carboxylic acids is 1. The summed E-state index contributed by atoms with van der Waals surface area (Å²) in [6.07, 6.45) is 0. The third-order valence-electron chi connectivity index (χ3n) is 2.28. The summed E-state index contributed by atoms with van der Waals surface area (Å²) in [7, 11) is 0. The monoisotopic (exact) mass is 229 g/mol. The van der Waals surface area contributed by atoms with Crippen molar-refractivity contribution in [2.24, 2.45) is 5.11 Å². The maximum absolute atomic E-state index is 11.6. The Hall–Kier alpha value is -2.59. The Morgan fingerprint density at radius 3 is 2.76 bits per heavy atom. The van der Waals surface area contributed by atoms with Gasteiger partial charge < -0.3 is 4.42 Å². The molecule has 6 nitrogen and oxygen atoms in total. The number of ketones is 1. The number of hydrogen-bond acceptors (Lipinski definition) is 4. The van der Waals surface area contributed by atoms with E-state index in [9.17, 15) is 9.59 Å². The van der Waals surface area contributed by atoms with Gasteiger partial charge in [-0.25, -0.2) is 4.79 Å². The lowest BCUT2D eigenvalue weighted by molar-refractivity contribution is 0.101. The van der Waals surface area contributed by atoms with E-state index in [4.69, 9.17) is 9.95 Å². The molecule has 0 radical (unpaired) electrons. The first-order chi connectivity index (χ1) is 8.15. The normalized spacial score (nSPS) is 9.94. The SMILES string of the molecule is CC(=O)c1c(N=[N+]=[N-])c2ccccc2oc1=O. The molecule has 0 saturated carbocycles. The first kappa shape index (κ1) is 10.9. The minimum Gasteiger partial charge on any atom is -0.422 e. The van der Waals surface area contributed by atoms with Crippen LogP contribution >= 0.6 is 0 Å². The maximum Gasteiger partial charge on any atom is 0.347 e. The molecule has 0 bridgehead atoms. The number of rotatable bonds is 2. The first-order valence-electron chi connectivity index (χ1n) is 4.77. The van der Waals surface area contributed by atoms with Gasteiger partial charge >= 0.3 is 5.63 Å². The predicted molar refractivity (Wildman–Crippen MR) is 61.3 cm³/mol. The second-order valence-corrected chi connectivity index (χ2v) is 3.35. The Bertz CT molecular complexity index is 711. The Morgan fingerprint density at radius 1 is 1.41 bits per heavy atom. The lowest BCUT2D eigenvalue weighted by Crippen LogP contribution is -2.11. The number of para-hydroxylation sites is 1. The molecule has 0 fully saturated rings. The average Bonchev–Trinajstić information content (AvgIpc) is 2.28. The standard InChI is InChI=1S/C11H7N3O3/c1-6(15)9-10(13-14-12)7-4-2-3-5-8(7)17-11(9)16/h2-5H,1H3. The minimum absolute atomic E-state index is 0.0202. The second kappa shape index (κ2) is 4.11. The van der Waals surface area contributed by atoms with Gasteiger partial charge in [-0.2, -0.15) is 0 Å². The highest BCUT2D eigenvalue weighted by molar-refractivity contribution is 6.05. The molecule has 1 heterocycles. The third-order valence-corrected chi connectivity index (χ3v) is 2.28. The molecule has 0 aliphatic rings. The smallest absolute Gasteiger partial charge is 0.347 e. The molecule has 0 spiro atoms. The van der Waals surface area contributed by atoms with E-state index in [2.05, 4.69) is 10.0 Å². The highest BCUT2D eigenvalue weighted by Gasteiger charge is 2.16. The Kier molecular flexibility index (Phi) is 2.64. The van der Waals surface area contributed by atoms with Crippen molar-refractivity contribution in [2.75, 3.05) is 0 Å². The van der Waals surface area contributed by atoms with Crippen molar-refractivity contribution < 1.29 is 9.21 Å². The Morgan fingerprint density at radius 2 is 2.12 bits per heavy atom. The van der Waals surface area contributed by atoms with Crippen molar-refractivity contribution in [1.29, 1.82) is 0 Å². The average molecular weight is 229 g/mol. The number of fused-ring (bicyclic) bond motifs is 1. The van der Waals surface area contributed by atoms with Gasteiger partial charge in [-0.05, 0) is 18.5 Å². The van der Waals surface area contributed by atoms with Crippen molar-refractivity contribution in [3.63, 3.8) is 0 Å². The predicted octanol–water partition coefficient (Wildman–Crippen LogP) is 2.94. The first-order valence-corrected chi connectivity index (χ1v) is 4.77. The largest absolute Gasteiger partial charge is 0.422 e. The molecule has 6 heteroatoms. The van der Waals surface area contributed by atoms with Gasteiger partial charge in [0.25, 0.3) is 0 Å². The number of nitrogens with zero attached hydrogens (tertiary/aromatic N) is 3. The fourth-order valence-corrected chi connectivity index (χ4v) is 1.59.